The second kappa shape index (κ2) is 12.1. The van der Waals surface area contributed by atoms with Crippen molar-refractivity contribution >= 4 is 23.8 Å². The van der Waals surface area contributed by atoms with Crippen LogP contribution in [0.4, 0.5) is 0 Å². The number of benzene rings is 2. The highest BCUT2D eigenvalue weighted by Gasteiger charge is 2.35. The van der Waals surface area contributed by atoms with Gasteiger partial charge in [0.15, 0.2) is 0 Å². The van der Waals surface area contributed by atoms with Gasteiger partial charge in [0.05, 0.1) is 6.61 Å². The fraction of sp³-hybridized carbons (Fsp3) is 0.250. The number of carboxylic acid groups (broad SMARTS) is 1. The summed E-state index contributed by atoms with van der Waals surface area (Å²) < 4.78 is 4.84. The van der Waals surface area contributed by atoms with Crippen LogP contribution in [0.15, 0.2) is 72.8 Å². The molecule has 0 saturated carbocycles. The van der Waals surface area contributed by atoms with Crippen molar-refractivity contribution in [2.45, 2.75) is 32.2 Å². The zero-order valence-corrected chi connectivity index (χ0v) is 17.3. The Bertz CT molecular complexity index is 872. The van der Waals surface area contributed by atoms with Crippen LogP contribution in [0.5, 0.6) is 0 Å². The molecule has 2 aromatic carbocycles. The third kappa shape index (κ3) is 6.92. The minimum absolute atomic E-state index is 0.0880. The van der Waals surface area contributed by atoms with Crippen LogP contribution in [-0.2, 0) is 14.3 Å². The molecule has 7 nitrogen and oxygen atoms in total. The molecule has 1 atom stereocenters. The summed E-state index contributed by atoms with van der Waals surface area (Å²) in [5.41, 5.74) is 0.425. The first-order valence-corrected chi connectivity index (χ1v) is 9.97. The lowest BCUT2D eigenvalue weighted by molar-refractivity contribution is -0.143. The van der Waals surface area contributed by atoms with Crippen molar-refractivity contribution in [2.75, 3.05) is 6.61 Å². The van der Waals surface area contributed by atoms with Crippen molar-refractivity contribution in [1.29, 1.82) is 0 Å². The van der Waals surface area contributed by atoms with Gasteiger partial charge in [-0.2, -0.15) is 0 Å². The molecule has 0 aromatic heterocycles. The van der Waals surface area contributed by atoms with Crippen molar-refractivity contribution in [1.82, 2.24) is 4.90 Å². The van der Waals surface area contributed by atoms with Crippen LogP contribution < -0.4 is 0 Å². The van der Waals surface area contributed by atoms with Crippen molar-refractivity contribution in [3.05, 3.63) is 83.9 Å². The Kier molecular flexibility index (Phi) is 9.16. The number of allylic oxidation sites excluding steroid dienone is 1. The molecule has 2 amide bonds. The molecule has 0 aliphatic carbocycles. The third-order valence-corrected chi connectivity index (χ3v) is 4.42. The number of amides is 2. The Balaban J connectivity index is 2.26. The van der Waals surface area contributed by atoms with E-state index >= 15 is 0 Å². The summed E-state index contributed by atoms with van der Waals surface area (Å²) in [6, 6.07) is 14.7. The molecule has 1 N–H and O–H groups in total. The molecule has 31 heavy (non-hydrogen) atoms. The van der Waals surface area contributed by atoms with E-state index < -0.39 is 23.8 Å². The van der Waals surface area contributed by atoms with Crippen molar-refractivity contribution in [2.24, 2.45) is 0 Å². The third-order valence-electron chi connectivity index (χ3n) is 4.42. The van der Waals surface area contributed by atoms with Crippen LogP contribution in [0.2, 0.25) is 0 Å². The summed E-state index contributed by atoms with van der Waals surface area (Å²) in [5, 5.41) is 9.80. The Morgan fingerprint density at radius 3 is 1.87 bits per heavy atom. The SMILES string of the molecule is CCOC(=O)CCC=CCC(C(=O)O)N(C(=O)c1ccccc1)C(=O)c1ccccc1. The summed E-state index contributed by atoms with van der Waals surface area (Å²) in [6.07, 6.45) is 3.64. The summed E-state index contributed by atoms with van der Waals surface area (Å²) in [5.74, 6) is -3.03. The summed E-state index contributed by atoms with van der Waals surface area (Å²) in [6.45, 7) is 2.01. The predicted molar refractivity (Wildman–Crippen MR) is 114 cm³/mol. The number of esters is 1. The molecular formula is C24H25NO6. The quantitative estimate of drug-likeness (QED) is 0.355. The Morgan fingerprint density at radius 2 is 1.42 bits per heavy atom. The molecule has 0 radical (unpaired) electrons. The summed E-state index contributed by atoms with van der Waals surface area (Å²) >= 11 is 0. The van der Waals surface area contributed by atoms with Gasteiger partial charge in [0.1, 0.15) is 6.04 Å². The number of imide groups is 1. The lowest BCUT2D eigenvalue weighted by Gasteiger charge is -2.27. The van der Waals surface area contributed by atoms with Gasteiger partial charge in [0.25, 0.3) is 11.8 Å². The van der Waals surface area contributed by atoms with Gasteiger partial charge in [-0.3, -0.25) is 19.3 Å². The molecule has 2 aromatic rings. The maximum atomic E-state index is 13.1. The molecule has 162 valence electrons. The monoisotopic (exact) mass is 423 g/mol. The molecule has 0 bridgehead atoms. The molecule has 7 heteroatoms. The topological polar surface area (TPSA) is 101 Å². The van der Waals surface area contributed by atoms with E-state index in [-0.39, 0.29) is 29.9 Å². The van der Waals surface area contributed by atoms with Crippen molar-refractivity contribution < 1.29 is 29.0 Å². The Labute approximate surface area is 180 Å². The van der Waals surface area contributed by atoms with Crippen LogP contribution in [0.3, 0.4) is 0 Å². The van der Waals surface area contributed by atoms with Gasteiger partial charge < -0.3 is 9.84 Å². The summed E-state index contributed by atoms with van der Waals surface area (Å²) in [7, 11) is 0. The van der Waals surface area contributed by atoms with E-state index in [0.717, 1.165) is 4.90 Å². The van der Waals surface area contributed by atoms with Crippen molar-refractivity contribution in [3.63, 3.8) is 0 Å². The number of nitrogens with zero attached hydrogens (tertiary/aromatic N) is 1. The van der Waals surface area contributed by atoms with E-state index in [1.54, 1.807) is 55.5 Å². The normalized spacial score (nSPS) is 11.6. The van der Waals surface area contributed by atoms with Crippen LogP contribution in [0.1, 0.15) is 46.9 Å². The molecule has 0 saturated heterocycles. The van der Waals surface area contributed by atoms with Crippen LogP contribution in [0.25, 0.3) is 0 Å². The highest BCUT2D eigenvalue weighted by atomic mass is 16.5. The maximum Gasteiger partial charge on any atom is 0.327 e. The number of carboxylic acids is 1. The summed E-state index contributed by atoms with van der Waals surface area (Å²) in [4.78, 5) is 50.4. The maximum absolute atomic E-state index is 13.1. The lowest BCUT2D eigenvalue weighted by Crippen LogP contribution is -2.48. The van der Waals surface area contributed by atoms with Gasteiger partial charge in [-0.15, -0.1) is 0 Å². The van der Waals surface area contributed by atoms with E-state index in [9.17, 15) is 24.3 Å². The number of hydrogen-bond donors (Lipinski definition) is 1. The molecule has 2 rings (SSSR count). The molecule has 0 fully saturated rings. The van der Waals surface area contributed by atoms with E-state index in [1.165, 1.54) is 24.3 Å². The average Bonchev–Trinajstić information content (AvgIpc) is 2.78. The number of ether oxygens (including phenoxy) is 1. The highest BCUT2D eigenvalue weighted by molar-refractivity contribution is 6.12. The van der Waals surface area contributed by atoms with Crippen LogP contribution in [0, 0.1) is 0 Å². The largest absolute Gasteiger partial charge is 0.480 e. The van der Waals surface area contributed by atoms with Crippen LogP contribution >= 0.6 is 0 Å². The fourth-order valence-electron chi connectivity index (χ4n) is 2.91. The molecule has 0 heterocycles. The standard InChI is InChI=1S/C24H25NO6/c1-2-31-21(26)17-11-5-10-16-20(24(29)30)25(22(27)18-12-6-3-7-13-18)23(28)19-14-8-4-9-15-19/h3-10,12-15,20H,2,11,16-17H2,1H3,(H,29,30). The molecule has 0 spiro atoms. The second-order valence-electron chi connectivity index (χ2n) is 6.62. The number of carbonyl (C=O) groups is 4. The van der Waals surface area contributed by atoms with E-state index in [4.69, 9.17) is 4.74 Å². The van der Waals surface area contributed by atoms with E-state index in [1.807, 2.05) is 0 Å². The fourth-order valence-corrected chi connectivity index (χ4v) is 2.91. The van der Waals surface area contributed by atoms with Crippen molar-refractivity contribution in [3.8, 4) is 0 Å². The number of hydrogen-bond acceptors (Lipinski definition) is 5. The zero-order valence-electron chi connectivity index (χ0n) is 17.3. The van der Waals surface area contributed by atoms with Gasteiger partial charge in [0, 0.05) is 17.5 Å². The van der Waals surface area contributed by atoms with Gasteiger partial charge in [-0.25, -0.2) is 4.79 Å². The number of aliphatic carboxylic acids is 1. The number of rotatable bonds is 10. The first-order valence-electron chi connectivity index (χ1n) is 9.97. The molecular weight excluding hydrogens is 398 g/mol. The molecule has 0 aliphatic rings. The highest BCUT2D eigenvalue weighted by Crippen LogP contribution is 2.17. The minimum atomic E-state index is -1.40. The van der Waals surface area contributed by atoms with Gasteiger partial charge in [0.2, 0.25) is 0 Å². The van der Waals surface area contributed by atoms with E-state index in [0.29, 0.717) is 13.0 Å². The molecule has 0 aliphatic heterocycles. The predicted octanol–water partition coefficient (Wildman–Crippen LogP) is 3.71. The average molecular weight is 423 g/mol. The van der Waals surface area contributed by atoms with Gasteiger partial charge in [-0.05, 0) is 44.0 Å². The first kappa shape index (κ1) is 23.5. The smallest absolute Gasteiger partial charge is 0.327 e. The number of carbonyl (C=O) groups excluding carboxylic acids is 3. The van der Waals surface area contributed by atoms with Gasteiger partial charge in [-0.1, -0.05) is 48.6 Å². The minimum Gasteiger partial charge on any atom is -0.480 e. The Morgan fingerprint density at radius 1 is 0.903 bits per heavy atom. The van der Waals surface area contributed by atoms with Gasteiger partial charge >= 0.3 is 11.9 Å². The van der Waals surface area contributed by atoms with E-state index in [2.05, 4.69) is 0 Å². The zero-order chi connectivity index (χ0) is 22.6. The first-order chi connectivity index (χ1) is 15.0. The van der Waals surface area contributed by atoms with Crippen LogP contribution in [-0.4, -0.2) is 46.4 Å². The Hall–Kier alpha value is -3.74. The lowest BCUT2D eigenvalue weighted by atomic mass is 10.1. The second-order valence-corrected chi connectivity index (χ2v) is 6.62. The molecule has 1 unspecified atom stereocenters.